The molecule has 1 atom stereocenters. The molecule has 1 unspecified atom stereocenters. The number of carbonyl (C=O) groups is 1. The molecular formula is C21H22BrNO3S. The maximum atomic E-state index is 13.3. The number of nitrogens with one attached hydrogen (secondary N) is 1. The molecule has 1 aliphatic carbocycles. The Labute approximate surface area is 168 Å². The van der Waals surface area contributed by atoms with Crippen molar-refractivity contribution in [2.24, 2.45) is 0 Å². The van der Waals surface area contributed by atoms with Crippen LogP contribution in [0.25, 0.3) is 0 Å². The van der Waals surface area contributed by atoms with Crippen LogP contribution in [0, 0.1) is 0 Å². The molecule has 0 radical (unpaired) electrons. The maximum Gasteiger partial charge on any atom is 0.228 e. The van der Waals surface area contributed by atoms with Crippen LogP contribution in [0.3, 0.4) is 0 Å². The highest BCUT2D eigenvalue weighted by Crippen LogP contribution is 2.41. The number of amides is 1. The smallest absolute Gasteiger partial charge is 0.228 e. The fourth-order valence-corrected chi connectivity index (χ4v) is 6.30. The number of sulfone groups is 1. The van der Waals surface area contributed by atoms with Crippen LogP contribution in [-0.4, -0.2) is 20.1 Å². The second-order valence-corrected chi connectivity index (χ2v) is 10.5. The molecular weight excluding hydrogens is 426 g/mol. The van der Waals surface area contributed by atoms with E-state index in [9.17, 15) is 13.2 Å². The molecule has 2 aliphatic rings. The van der Waals surface area contributed by atoms with E-state index in [-0.39, 0.29) is 17.2 Å². The van der Waals surface area contributed by atoms with Crippen molar-refractivity contribution in [3.05, 3.63) is 64.1 Å². The first-order valence-corrected chi connectivity index (χ1v) is 11.8. The Hall–Kier alpha value is -1.66. The van der Waals surface area contributed by atoms with Crippen molar-refractivity contribution >= 4 is 31.7 Å². The molecule has 0 bridgehead atoms. The van der Waals surface area contributed by atoms with E-state index in [1.807, 2.05) is 12.1 Å². The van der Waals surface area contributed by atoms with Crippen LogP contribution >= 0.6 is 15.9 Å². The Balaban J connectivity index is 1.66. The van der Waals surface area contributed by atoms with Gasteiger partial charge >= 0.3 is 0 Å². The largest absolute Gasteiger partial charge is 0.346 e. The number of carbonyl (C=O) groups excluding carboxylic acids is 1. The van der Waals surface area contributed by atoms with Gasteiger partial charge in [0.25, 0.3) is 0 Å². The summed E-state index contributed by atoms with van der Waals surface area (Å²) in [5.74, 6) is -0.465. The lowest BCUT2D eigenvalue weighted by Crippen LogP contribution is -2.46. The Morgan fingerprint density at radius 1 is 1.04 bits per heavy atom. The van der Waals surface area contributed by atoms with E-state index in [0.29, 0.717) is 16.9 Å². The summed E-state index contributed by atoms with van der Waals surface area (Å²) in [6, 6.07) is 15.1. The summed E-state index contributed by atoms with van der Waals surface area (Å²) in [6.07, 6.45) is 4.31. The molecule has 1 heterocycles. The molecule has 4 nitrogen and oxygen atoms in total. The summed E-state index contributed by atoms with van der Waals surface area (Å²) < 4.78 is 25.7. The maximum absolute atomic E-state index is 13.3. The van der Waals surface area contributed by atoms with Crippen molar-refractivity contribution in [3.63, 3.8) is 0 Å². The van der Waals surface area contributed by atoms with E-state index >= 15 is 0 Å². The summed E-state index contributed by atoms with van der Waals surface area (Å²) in [5.41, 5.74) is 1.39. The van der Waals surface area contributed by atoms with E-state index in [0.717, 1.165) is 35.7 Å². The molecule has 1 fully saturated rings. The van der Waals surface area contributed by atoms with Gasteiger partial charge in [-0.3, -0.25) is 4.79 Å². The average molecular weight is 448 g/mol. The average Bonchev–Trinajstić information content (AvgIpc) is 3.12. The van der Waals surface area contributed by atoms with Crippen molar-refractivity contribution in [2.75, 3.05) is 5.75 Å². The second kappa shape index (κ2) is 7.06. The summed E-state index contributed by atoms with van der Waals surface area (Å²) in [6.45, 7) is 0. The summed E-state index contributed by atoms with van der Waals surface area (Å²) in [5, 5.41) is 3.32. The molecule has 0 spiro atoms. The van der Waals surface area contributed by atoms with Crippen molar-refractivity contribution in [2.45, 2.75) is 48.5 Å². The molecule has 6 heteroatoms. The molecule has 27 heavy (non-hydrogen) atoms. The molecule has 1 N–H and O–H groups in total. The highest BCUT2D eigenvalue weighted by atomic mass is 79.9. The third kappa shape index (κ3) is 3.45. The highest BCUT2D eigenvalue weighted by Gasteiger charge is 2.41. The number of rotatable bonds is 3. The first-order valence-electron chi connectivity index (χ1n) is 9.31. The molecule has 2 aromatic rings. The predicted octanol–water partition coefficient (Wildman–Crippen LogP) is 4.30. The SMILES string of the molecule is O=C(NC1(c2ccc(Br)cc2)CCCC1)C1CCS(=O)(=O)c2ccccc21. The molecule has 0 aromatic heterocycles. The minimum absolute atomic E-state index is 0.0212. The number of hydrogen-bond acceptors (Lipinski definition) is 3. The van der Waals surface area contributed by atoms with E-state index in [1.54, 1.807) is 24.3 Å². The number of hydrogen-bond donors (Lipinski definition) is 1. The lowest BCUT2D eigenvalue weighted by atomic mass is 9.86. The zero-order valence-electron chi connectivity index (χ0n) is 14.9. The van der Waals surface area contributed by atoms with Gasteiger partial charge in [-0.15, -0.1) is 0 Å². The first kappa shape index (κ1) is 18.7. The molecule has 142 valence electrons. The Morgan fingerprint density at radius 2 is 1.70 bits per heavy atom. The van der Waals surface area contributed by atoms with Gasteiger partial charge in [-0.1, -0.05) is 59.1 Å². The third-order valence-corrected chi connectivity index (χ3v) is 8.18. The van der Waals surface area contributed by atoms with Gasteiger partial charge in [0.2, 0.25) is 5.91 Å². The zero-order valence-corrected chi connectivity index (χ0v) is 17.4. The van der Waals surface area contributed by atoms with Gasteiger partial charge in [-0.2, -0.15) is 0 Å². The standard InChI is InChI=1S/C21H22BrNO3S/c22-16-9-7-15(8-10-16)21(12-3-4-13-21)23-20(24)18-11-14-27(25,26)19-6-2-1-5-17(18)19/h1-2,5-10,18H,3-4,11-14H2,(H,23,24). The summed E-state index contributed by atoms with van der Waals surface area (Å²) in [4.78, 5) is 13.6. The normalized spacial score (nSPS) is 22.8. The van der Waals surface area contributed by atoms with Crippen LogP contribution < -0.4 is 5.32 Å². The molecule has 0 saturated heterocycles. The Kier molecular flexibility index (Phi) is 4.89. The van der Waals surface area contributed by atoms with Crippen molar-refractivity contribution in [1.82, 2.24) is 5.32 Å². The van der Waals surface area contributed by atoms with Gasteiger partial charge in [0.1, 0.15) is 0 Å². The van der Waals surface area contributed by atoms with Gasteiger partial charge in [-0.05, 0) is 48.6 Å². The Bertz CT molecular complexity index is 963. The first-order chi connectivity index (χ1) is 12.9. The molecule has 4 rings (SSSR count). The summed E-state index contributed by atoms with van der Waals surface area (Å²) >= 11 is 3.47. The van der Waals surface area contributed by atoms with Crippen molar-refractivity contribution in [3.8, 4) is 0 Å². The monoisotopic (exact) mass is 447 g/mol. The minimum Gasteiger partial charge on any atom is -0.346 e. The minimum atomic E-state index is -3.29. The third-order valence-electron chi connectivity index (χ3n) is 5.84. The van der Waals surface area contributed by atoms with Crippen LogP contribution in [0.2, 0.25) is 0 Å². The lowest BCUT2D eigenvalue weighted by Gasteiger charge is -2.34. The van der Waals surface area contributed by atoms with E-state index < -0.39 is 15.8 Å². The molecule has 1 saturated carbocycles. The number of benzene rings is 2. The Morgan fingerprint density at radius 3 is 2.41 bits per heavy atom. The number of fused-ring (bicyclic) bond motifs is 1. The quantitative estimate of drug-likeness (QED) is 0.762. The van der Waals surface area contributed by atoms with Gasteiger partial charge in [0.05, 0.1) is 22.1 Å². The highest BCUT2D eigenvalue weighted by molar-refractivity contribution is 9.10. The van der Waals surface area contributed by atoms with Gasteiger partial charge in [0, 0.05) is 4.47 Å². The van der Waals surface area contributed by atoms with Crippen LogP contribution in [0.4, 0.5) is 0 Å². The van der Waals surface area contributed by atoms with Crippen LogP contribution in [-0.2, 0) is 20.2 Å². The van der Waals surface area contributed by atoms with Gasteiger partial charge < -0.3 is 5.32 Å². The van der Waals surface area contributed by atoms with Gasteiger partial charge in [0.15, 0.2) is 9.84 Å². The second-order valence-electron chi connectivity index (χ2n) is 7.48. The topological polar surface area (TPSA) is 63.2 Å². The van der Waals surface area contributed by atoms with Gasteiger partial charge in [-0.25, -0.2) is 8.42 Å². The summed E-state index contributed by atoms with van der Waals surface area (Å²) in [7, 11) is -3.29. The molecule has 1 amide bonds. The predicted molar refractivity (Wildman–Crippen MR) is 108 cm³/mol. The van der Waals surface area contributed by atoms with E-state index in [1.165, 1.54) is 0 Å². The number of halogens is 1. The van der Waals surface area contributed by atoms with Crippen molar-refractivity contribution in [1.29, 1.82) is 0 Å². The molecule has 2 aromatic carbocycles. The fraction of sp³-hybridized carbons (Fsp3) is 0.381. The van der Waals surface area contributed by atoms with Crippen LogP contribution in [0.15, 0.2) is 57.9 Å². The lowest BCUT2D eigenvalue weighted by molar-refractivity contribution is -0.124. The zero-order chi connectivity index (χ0) is 19.1. The van der Waals surface area contributed by atoms with E-state index in [2.05, 4.69) is 33.4 Å². The van der Waals surface area contributed by atoms with E-state index in [4.69, 9.17) is 0 Å². The van der Waals surface area contributed by atoms with Crippen molar-refractivity contribution < 1.29 is 13.2 Å². The molecule has 1 aliphatic heterocycles. The van der Waals surface area contributed by atoms with Crippen LogP contribution in [0.5, 0.6) is 0 Å². The fourth-order valence-electron chi connectivity index (χ4n) is 4.42. The van der Waals surface area contributed by atoms with Crippen LogP contribution in [0.1, 0.15) is 49.1 Å².